The third kappa shape index (κ3) is 2.52. The number of nitrogens with one attached hydrogen (secondary N) is 1. The Kier molecular flexibility index (Phi) is 3.31. The molecule has 24 heavy (non-hydrogen) atoms. The van der Waals surface area contributed by atoms with E-state index < -0.39 is 11.7 Å². The minimum absolute atomic E-state index is 0.110. The lowest BCUT2D eigenvalue weighted by molar-refractivity contribution is 0.102. The van der Waals surface area contributed by atoms with Crippen LogP contribution in [0.4, 0.5) is 10.4 Å². The minimum Gasteiger partial charge on any atom is -0.451 e. The number of aromatic nitrogens is 2. The van der Waals surface area contributed by atoms with E-state index in [9.17, 15) is 9.18 Å². The predicted molar refractivity (Wildman–Crippen MR) is 83.9 cm³/mol. The van der Waals surface area contributed by atoms with Crippen LogP contribution in [0.5, 0.6) is 0 Å². The summed E-state index contributed by atoms with van der Waals surface area (Å²) in [6.07, 6.45) is 0. The van der Waals surface area contributed by atoms with Gasteiger partial charge in [0, 0.05) is 5.39 Å². The number of benzene rings is 2. The van der Waals surface area contributed by atoms with E-state index in [-0.39, 0.29) is 17.5 Å². The molecule has 0 unspecified atom stereocenters. The number of fused-ring (bicyclic) bond motifs is 1. The van der Waals surface area contributed by atoms with Crippen molar-refractivity contribution in [2.75, 3.05) is 5.32 Å². The summed E-state index contributed by atoms with van der Waals surface area (Å²) in [6.45, 7) is 0. The van der Waals surface area contributed by atoms with Gasteiger partial charge in [-0.1, -0.05) is 35.4 Å². The summed E-state index contributed by atoms with van der Waals surface area (Å²) in [5, 5.41) is 10.8. The SMILES string of the molecule is O=C(Nc1nnc(-c2cc3ccccc3o2)o1)c1ccccc1F. The molecule has 2 heterocycles. The van der Waals surface area contributed by atoms with Gasteiger partial charge >= 0.3 is 6.01 Å². The maximum atomic E-state index is 13.6. The zero-order chi connectivity index (χ0) is 16.5. The molecule has 0 saturated heterocycles. The lowest BCUT2D eigenvalue weighted by Gasteiger charge is -2.01. The molecule has 7 heteroatoms. The van der Waals surface area contributed by atoms with Crippen molar-refractivity contribution in [3.8, 4) is 11.7 Å². The molecular weight excluding hydrogens is 313 g/mol. The summed E-state index contributed by atoms with van der Waals surface area (Å²) in [4.78, 5) is 12.0. The molecule has 1 N–H and O–H groups in total. The normalized spacial score (nSPS) is 10.9. The summed E-state index contributed by atoms with van der Waals surface area (Å²) in [6, 6.07) is 14.7. The van der Waals surface area contributed by atoms with Gasteiger partial charge in [-0.2, -0.15) is 0 Å². The van der Waals surface area contributed by atoms with Gasteiger partial charge in [-0.25, -0.2) is 4.39 Å². The summed E-state index contributed by atoms with van der Waals surface area (Å²) < 4.78 is 24.6. The van der Waals surface area contributed by atoms with Gasteiger partial charge in [0.25, 0.3) is 11.8 Å². The molecule has 0 bridgehead atoms. The second-order valence-electron chi connectivity index (χ2n) is 4.99. The minimum atomic E-state index is -0.673. The molecule has 4 aromatic rings. The molecule has 4 rings (SSSR count). The highest BCUT2D eigenvalue weighted by Gasteiger charge is 2.17. The van der Waals surface area contributed by atoms with E-state index in [1.807, 2.05) is 24.3 Å². The quantitative estimate of drug-likeness (QED) is 0.619. The van der Waals surface area contributed by atoms with Gasteiger partial charge in [0.05, 0.1) is 5.56 Å². The average molecular weight is 323 g/mol. The number of halogens is 1. The zero-order valence-electron chi connectivity index (χ0n) is 12.2. The summed E-state index contributed by atoms with van der Waals surface area (Å²) in [5.74, 6) is -0.801. The molecule has 2 aromatic carbocycles. The first-order chi connectivity index (χ1) is 11.7. The van der Waals surface area contributed by atoms with Gasteiger partial charge in [-0.05, 0) is 24.3 Å². The largest absolute Gasteiger partial charge is 0.451 e. The molecule has 0 aliphatic heterocycles. The van der Waals surface area contributed by atoms with Crippen molar-refractivity contribution in [3.05, 3.63) is 66.0 Å². The van der Waals surface area contributed by atoms with Crippen LogP contribution in [0.15, 0.2) is 63.4 Å². The van der Waals surface area contributed by atoms with Crippen LogP contribution in [0.25, 0.3) is 22.6 Å². The molecular formula is C17H10FN3O3. The zero-order valence-corrected chi connectivity index (χ0v) is 12.2. The summed E-state index contributed by atoms with van der Waals surface area (Å²) in [7, 11) is 0. The van der Waals surface area contributed by atoms with E-state index in [4.69, 9.17) is 8.83 Å². The molecule has 0 fully saturated rings. The maximum Gasteiger partial charge on any atom is 0.322 e. The van der Waals surface area contributed by atoms with Crippen LogP contribution in [-0.4, -0.2) is 16.1 Å². The number of rotatable bonds is 3. The first kappa shape index (κ1) is 14.1. The van der Waals surface area contributed by atoms with E-state index >= 15 is 0 Å². The van der Waals surface area contributed by atoms with Crippen molar-refractivity contribution >= 4 is 22.9 Å². The van der Waals surface area contributed by atoms with E-state index in [0.717, 1.165) is 5.39 Å². The van der Waals surface area contributed by atoms with Gasteiger partial charge in [0.2, 0.25) is 0 Å². The second-order valence-corrected chi connectivity index (χ2v) is 4.99. The van der Waals surface area contributed by atoms with Crippen molar-refractivity contribution < 1.29 is 18.0 Å². The monoisotopic (exact) mass is 323 g/mol. The molecule has 0 spiro atoms. The topological polar surface area (TPSA) is 81.2 Å². The van der Waals surface area contributed by atoms with Crippen molar-refractivity contribution in [2.45, 2.75) is 0 Å². The first-order valence-electron chi connectivity index (χ1n) is 7.09. The number of anilines is 1. The van der Waals surface area contributed by atoms with E-state index in [1.165, 1.54) is 18.2 Å². The number of carbonyl (C=O) groups is 1. The van der Waals surface area contributed by atoms with Crippen molar-refractivity contribution in [3.63, 3.8) is 0 Å². The van der Waals surface area contributed by atoms with Crippen molar-refractivity contribution in [1.29, 1.82) is 0 Å². The Labute approximate surface area is 134 Å². The van der Waals surface area contributed by atoms with Crippen LogP contribution >= 0.6 is 0 Å². The second kappa shape index (κ2) is 5.62. The number of amides is 1. The molecule has 2 aromatic heterocycles. The van der Waals surface area contributed by atoms with Gasteiger partial charge < -0.3 is 8.83 Å². The maximum absolute atomic E-state index is 13.6. The third-order valence-corrected chi connectivity index (χ3v) is 3.40. The number of para-hydroxylation sites is 1. The fourth-order valence-electron chi connectivity index (χ4n) is 2.27. The summed E-state index contributed by atoms with van der Waals surface area (Å²) >= 11 is 0. The Hall–Kier alpha value is -3.48. The smallest absolute Gasteiger partial charge is 0.322 e. The molecule has 1 amide bonds. The van der Waals surface area contributed by atoms with Crippen LogP contribution in [-0.2, 0) is 0 Å². The Bertz CT molecular complexity index is 1010. The third-order valence-electron chi connectivity index (χ3n) is 3.40. The van der Waals surface area contributed by atoms with Crippen LogP contribution in [0.1, 0.15) is 10.4 Å². The van der Waals surface area contributed by atoms with E-state index in [1.54, 1.807) is 12.1 Å². The van der Waals surface area contributed by atoms with Crippen LogP contribution in [0, 0.1) is 5.82 Å². The standard InChI is InChI=1S/C17H10FN3O3/c18-12-7-3-2-6-11(12)15(22)19-17-21-20-16(24-17)14-9-10-5-1-4-8-13(10)23-14/h1-9H,(H,19,21,22). The Morgan fingerprint density at radius 2 is 1.79 bits per heavy atom. The summed E-state index contributed by atoms with van der Waals surface area (Å²) in [5.41, 5.74) is 0.573. The van der Waals surface area contributed by atoms with Crippen LogP contribution in [0.3, 0.4) is 0 Å². The predicted octanol–water partition coefficient (Wildman–Crippen LogP) is 3.87. The van der Waals surface area contributed by atoms with E-state index in [0.29, 0.717) is 11.3 Å². The van der Waals surface area contributed by atoms with Gasteiger partial charge in [0.15, 0.2) is 5.76 Å². The Morgan fingerprint density at radius 1 is 1.00 bits per heavy atom. The highest BCUT2D eigenvalue weighted by atomic mass is 19.1. The number of furan rings is 1. The van der Waals surface area contributed by atoms with Crippen LogP contribution < -0.4 is 5.32 Å². The number of hydrogen-bond acceptors (Lipinski definition) is 5. The Morgan fingerprint density at radius 3 is 2.62 bits per heavy atom. The number of hydrogen-bond donors (Lipinski definition) is 1. The number of nitrogens with zero attached hydrogens (tertiary/aromatic N) is 2. The van der Waals surface area contributed by atoms with Crippen LogP contribution in [0.2, 0.25) is 0 Å². The van der Waals surface area contributed by atoms with Gasteiger partial charge in [0.1, 0.15) is 11.4 Å². The van der Waals surface area contributed by atoms with Crippen molar-refractivity contribution in [1.82, 2.24) is 10.2 Å². The van der Waals surface area contributed by atoms with Gasteiger partial charge in [-0.3, -0.25) is 10.1 Å². The highest BCUT2D eigenvalue weighted by Crippen LogP contribution is 2.27. The van der Waals surface area contributed by atoms with Crippen molar-refractivity contribution in [2.24, 2.45) is 0 Å². The molecule has 0 atom stereocenters. The average Bonchev–Trinajstić information content (AvgIpc) is 3.21. The lowest BCUT2D eigenvalue weighted by Crippen LogP contribution is -2.13. The molecule has 0 aliphatic carbocycles. The fraction of sp³-hybridized carbons (Fsp3) is 0. The molecule has 6 nitrogen and oxygen atoms in total. The first-order valence-corrected chi connectivity index (χ1v) is 7.09. The fourth-order valence-corrected chi connectivity index (χ4v) is 2.27. The number of carbonyl (C=O) groups excluding carboxylic acids is 1. The van der Waals surface area contributed by atoms with E-state index in [2.05, 4.69) is 15.5 Å². The van der Waals surface area contributed by atoms with Gasteiger partial charge in [-0.15, -0.1) is 5.10 Å². The molecule has 0 radical (unpaired) electrons. The lowest BCUT2D eigenvalue weighted by atomic mass is 10.2. The molecule has 0 aliphatic rings. The molecule has 118 valence electrons. The highest BCUT2D eigenvalue weighted by molar-refractivity contribution is 6.03. The molecule has 0 saturated carbocycles. The Balaban J connectivity index is 1.58.